The van der Waals surface area contributed by atoms with Gasteiger partial charge in [-0.1, -0.05) is 0 Å². The lowest BCUT2D eigenvalue weighted by atomic mass is 10.2. The summed E-state index contributed by atoms with van der Waals surface area (Å²) >= 11 is 0. The van der Waals surface area contributed by atoms with Gasteiger partial charge < -0.3 is 9.30 Å². The van der Waals surface area contributed by atoms with Crippen molar-refractivity contribution in [2.45, 2.75) is 34.5 Å². The first kappa shape index (κ1) is 21.5. The first-order valence-corrected chi connectivity index (χ1v) is 11.3. The minimum absolute atomic E-state index is 0.0507. The van der Waals surface area contributed by atoms with E-state index in [0.29, 0.717) is 0 Å². The minimum Gasteiger partial charge on any atom is -0.406 e. The third-order valence-corrected chi connectivity index (χ3v) is 8.60. The zero-order valence-corrected chi connectivity index (χ0v) is 16.7. The van der Waals surface area contributed by atoms with E-state index in [1.54, 1.807) is 0 Å². The molecule has 0 aliphatic carbocycles. The fourth-order valence-electron chi connectivity index (χ4n) is 3.02. The molecule has 1 aromatic heterocycles. The van der Waals surface area contributed by atoms with Gasteiger partial charge in [0.05, 0.1) is 10.1 Å². The van der Waals surface area contributed by atoms with Crippen molar-refractivity contribution < 1.29 is 34.7 Å². The summed E-state index contributed by atoms with van der Waals surface area (Å²) in [5, 5.41) is 6.18. The van der Waals surface area contributed by atoms with Crippen LogP contribution in [0.4, 0.5) is 13.2 Å². The van der Waals surface area contributed by atoms with Gasteiger partial charge in [-0.25, -0.2) is 16.8 Å². The Bertz CT molecular complexity index is 1070. The maximum atomic E-state index is 12.7. The lowest BCUT2D eigenvalue weighted by molar-refractivity contribution is -0.274. The van der Waals surface area contributed by atoms with Crippen molar-refractivity contribution in [3.8, 4) is 5.75 Å². The molecule has 160 valence electrons. The van der Waals surface area contributed by atoms with Crippen LogP contribution >= 0.6 is 0 Å². The number of aromatic nitrogens is 3. The van der Waals surface area contributed by atoms with Gasteiger partial charge in [-0.15, -0.1) is 23.4 Å². The summed E-state index contributed by atoms with van der Waals surface area (Å²) in [4.78, 5) is -0.207. The summed E-state index contributed by atoms with van der Waals surface area (Å²) < 4.78 is 93.5. The molecule has 1 aliphatic heterocycles. The van der Waals surface area contributed by atoms with Crippen LogP contribution in [0.1, 0.15) is 12.8 Å². The molecule has 0 atom stereocenters. The molecule has 0 N–H and O–H groups in total. The number of hydrogen-bond donors (Lipinski definition) is 0. The Hall–Kier alpha value is -2.19. The largest absolute Gasteiger partial charge is 0.573 e. The zero-order valence-electron chi connectivity index (χ0n) is 15.1. The molecule has 2 heterocycles. The number of hydrogen-bond acceptors (Lipinski definition) is 7. The molecule has 0 spiro atoms. The summed E-state index contributed by atoms with van der Waals surface area (Å²) in [6, 6.07) is 3.84. The van der Waals surface area contributed by atoms with E-state index in [2.05, 4.69) is 14.9 Å². The second-order valence-corrected chi connectivity index (χ2v) is 10.5. The number of piperidine rings is 1. The number of rotatable bonds is 5. The topological polar surface area (TPSA) is 111 Å². The number of sulfone groups is 1. The highest BCUT2D eigenvalue weighted by Gasteiger charge is 2.38. The van der Waals surface area contributed by atoms with Gasteiger partial charge in [0.15, 0.2) is 0 Å². The molecule has 0 amide bonds. The van der Waals surface area contributed by atoms with Gasteiger partial charge in [-0.2, -0.15) is 4.31 Å². The highest BCUT2D eigenvalue weighted by Crippen LogP contribution is 2.28. The van der Waals surface area contributed by atoms with Gasteiger partial charge in [-0.05, 0) is 37.1 Å². The maximum Gasteiger partial charge on any atom is 0.573 e. The molecule has 14 heteroatoms. The van der Waals surface area contributed by atoms with E-state index in [4.69, 9.17) is 0 Å². The Labute approximate surface area is 165 Å². The smallest absolute Gasteiger partial charge is 0.406 e. The summed E-state index contributed by atoms with van der Waals surface area (Å²) in [6.07, 6.45) is -3.50. The summed E-state index contributed by atoms with van der Waals surface area (Å²) in [5.74, 6) is -0.537. The average Bonchev–Trinajstić information content (AvgIpc) is 3.08. The Morgan fingerprint density at radius 1 is 1.07 bits per heavy atom. The van der Waals surface area contributed by atoms with Crippen molar-refractivity contribution in [3.05, 3.63) is 30.6 Å². The fraction of sp³-hybridized carbons (Fsp3) is 0.467. The predicted octanol–water partition coefficient (Wildman–Crippen LogP) is 1.34. The lowest BCUT2D eigenvalue weighted by Crippen LogP contribution is -2.42. The van der Waals surface area contributed by atoms with Crippen molar-refractivity contribution in [2.24, 2.45) is 7.05 Å². The number of sulfonamides is 1. The van der Waals surface area contributed by atoms with Crippen molar-refractivity contribution in [1.29, 1.82) is 0 Å². The Morgan fingerprint density at radius 3 is 2.14 bits per heavy atom. The molecule has 1 aromatic carbocycles. The number of alkyl halides is 3. The molecule has 2 aromatic rings. The van der Waals surface area contributed by atoms with E-state index in [-0.39, 0.29) is 36.0 Å². The summed E-state index contributed by atoms with van der Waals surface area (Å²) in [5.41, 5.74) is 0. The molecule has 0 saturated carbocycles. The maximum absolute atomic E-state index is 12.7. The number of ether oxygens (including phenoxy) is 1. The lowest BCUT2D eigenvalue weighted by Gasteiger charge is -2.30. The molecule has 1 aliphatic rings. The second kappa shape index (κ2) is 7.57. The first-order valence-electron chi connectivity index (χ1n) is 8.35. The highest BCUT2D eigenvalue weighted by molar-refractivity contribution is 7.92. The SMILES string of the molecule is Cn1cnnc1S(=O)(=O)C1CCN(S(=O)(=O)c2ccc(OC(F)(F)F)cc2)CC1. The third kappa shape index (κ3) is 4.53. The monoisotopic (exact) mass is 454 g/mol. The first-order chi connectivity index (χ1) is 13.4. The summed E-state index contributed by atoms with van der Waals surface area (Å²) in [7, 11) is -6.25. The van der Waals surface area contributed by atoms with Gasteiger partial charge >= 0.3 is 6.36 Å². The fourth-order valence-corrected chi connectivity index (χ4v) is 6.23. The highest BCUT2D eigenvalue weighted by atomic mass is 32.2. The molecule has 0 bridgehead atoms. The van der Waals surface area contributed by atoms with Crippen LogP contribution in [0.3, 0.4) is 0 Å². The van der Waals surface area contributed by atoms with Crippen LogP contribution in [-0.4, -0.2) is 60.6 Å². The Balaban J connectivity index is 1.71. The molecule has 0 radical (unpaired) electrons. The van der Waals surface area contributed by atoms with Crippen molar-refractivity contribution in [3.63, 3.8) is 0 Å². The van der Waals surface area contributed by atoms with E-state index < -0.39 is 37.2 Å². The minimum atomic E-state index is -4.88. The normalized spacial score (nSPS) is 17.4. The molecular formula is C15H17F3N4O5S2. The molecule has 1 saturated heterocycles. The number of benzene rings is 1. The number of halogens is 3. The van der Waals surface area contributed by atoms with E-state index in [0.717, 1.165) is 28.6 Å². The predicted molar refractivity (Wildman–Crippen MR) is 93.1 cm³/mol. The average molecular weight is 454 g/mol. The van der Waals surface area contributed by atoms with Crippen LogP contribution in [-0.2, 0) is 26.9 Å². The van der Waals surface area contributed by atoms with Gasteiger partial charge in [0.1, 0.15) is 12.1 Å². The van der Waals surface area contributed by atoms with Crippen molar-refractivity contribution in [2.75, 3.05) is 13.1 Å². The standard InChI is InChI=1S/C15H17F3N4O5S2/c1-21-10-19-20-14(21)28(23,24)12-6-8-22(9-7-12)29(25,26)13-4-2-11(3-5-13)27-15(16,17)18/h2-5,10,12H,6-9H2,1H3. The van der Waals surface area contributed by atoms with E-state index >= 15 is 0 Å². The van der Waals surface area contributed by atoms with Crippen molar-refractivity contribution in [1.82, 2.24) is 19.1 Å². The molecule has 29 heavy (non-hydrogen) atoms. The molecule has 9 nitrogen and oxygen atoms in total. The number of nitrogens with zero attached hydrogens (tertiary/aromatic N) is 4. The van der Waals surface area contributed by atoms with Crippen LogP contribution in [0.15, 0.2) is 40.6 Å². The quantitative estimate of drug-likeness (QED) is 0.670. The van der Waals surface area contributed by atoms with Gasteiger partial charge in [-0.3, -0.25) is 0 Å². The van der Waals surface area contributed by atoms with Crippen LogP contribution < -0.4 is 4.74 Å². The van der Waals surface area contributed by atoms with Gasteiger partial charge in [0.25, 0.3) is 0 Å². The van der Waals surface area contributed by atoms with Crippen LogP contribution in [0.2, 0.25) is 0 Å². The number of aryl methyl sites for hydroxylation is 1. The Kier molecular flexibility index (Phi) is 5.62. The molecular weight excluding hydrogens is 437 g/mol. The van der Waals surface area contributed by atoms with E-state index in [1.807, 2.05) is 0 Å². The third-order valence-electron chi connectivity index (χ3n) is 4.46. The van der Waals surface area contributed by atoms with Crippen LogP contribution in [0.5, 0.6) is 5.75 Å². The van der Waals surface area contributed by atoms with E-state index in [9.17, 15) is 30.0 Å². The van der Waals surface area contributed by atoms with Crippen LogP contribution in [0.25, 0.3) is 0 Å². The van der Waals surface area contributed by atoms with Crippen LogP contribution in [0, 0.1) is 0 Å². The second-order valence-electron chi connectivity index (χ2n) is 6.39. The van der Waals surface area contributed by atoms with E-state index in [1.165, 1.54) is 17.9 Å². The van der Waals surface area contributed by atoms with Gasteiger partial charge in [0, 0.05) is 20.1 Å². The molecule has 1 fully saturated rings. The zero-order chi connectivity index (χ0) is 21.4. The Morgan fingerprint density at radius 2 is 1.66 bits per heavy atom. The summed E-state index contributed by atoms with van der Waals surface area (Å²) in [6.45, 7) is -0.101. The molecule has 0 unspecified atom stereocenters. The molecule has 3 rings (SSSR count). The van der Waals surface area contributed by atoms with Gasteiger partial charge in [0.2, 0.25) is 25.0 Å². The van der Waals surface area contributed by atoms with Crippen molar-refractivity contribution >= 4 is 19.9 Å².